The van der Waals surface area contributed by atoms with Crippen LogP contribution in [0.15, 0.2) is 0 Å². The van der Waals surface area contributed by atoms with Gasteiger partial charge < -0.3 is 22.8 Å². The molecule has 0 aromatic heterocycles. The predicted molar refractivity (Wildman–Crippen MR) is 107 cm³/mol. The minimum Gasteiger partial charge on any atom is -0.372 e. The van der Waals surface area contributed by atoms with Crippen LogP contribution in [0.25, 0.3) is 0 Å². The normalized spacial score (nSPS) is 19.5. The summed E-state index contributed by atoms with van der Waals surface area (Å²) in [7, 11) is -3.00. The van der Waals surface area contributed by atoms with Gasteiger partial charge in [0.15, 0.2) is 0 Å². The van der Waals surface area contributed by atoms with Gasteiger partial charge in [-0.2, -0.15) is 0 Å². The third-order valence-electron chi connectivity index (χ3n) is 4.73. The smallest absolute Gasteiger partial charge is 0.372 e. The first-order valence-electron chi connectivity index (χ1n) is 10.7. The predicted octanol–water partition coefficient (Wildman–Crippen LogP) is 4.89. The zero-order chi connectivity index (χ0) is 19.3. The molecule has 0 amide bonds. The molecular formula is C20H42O5Si. The summed E-state index contributed by atoms with van der Waals surface area (Å²) < 4.78 is 31.2. The molecule has 0 saturated carbocycles. The summed E-state index contributed by atoms with van der Waals surface area (Å²) in [5.41, 5.74) is 0. The fourth-order valence-corrected chi connectivity index (χ4v) is 6.09. The van der Waals surface area contributed by atoms with Crippen LogP contribution >= 0.6 is 0 Å². The van der Waals surface area contributed by atoms with Gasteiger partial charge in [-0.15, -0.1) is 0 Å². The summed E-state index contributed by atoms with van der Waals surface area (Å²) in [6, 6.07) is 0. The summed E-state index contributed by atoms with van der Waals surface area (Å²) in [6.45, 7) is 14.2. The topological polar surface area (TPSA) is 49.5 Å². The number of ether oxygens (including phenoxy) is 2. The minimum atomic E-state index is -3.00. The van der Waals surface area contributed by atoms with Gasteiger partial charge >= 0.3 is 8.80 Å². The van der Waals surface area contributed by atoms with E-state index >= 15 is 0 Å². The largest absolute Gasteiger partial charge is 0.534 e. The van der Waals surface area contributed by atoms with E-state index in [2.05, 4.69) is 34.6 Å². The summed E-state index contributed by atoms with van der Waals surface area (Å²) in [4.78, 5) is 0. The average molecular weight is 391 g/mol. The highest BCUT2D eigenvalue weighted by Crippen LogP contribution is 2.34. The van der Waals surface area contributed by atoms with Crippen molar-refractivity contribution in [2.24, 2.45) is 0 Å². The maximum atomic E-state index is 6.46. The first-order chi connectivity index (χ1) is 12.6. The van der Waals surface area contributed by atoms with Gasteiger partial charge in [-0.1, -0.05) is 53.4 Å². The van der Waals surface area contributed by atoms with Gasteiger partial charge in [0.05, 0.1) is 13.2 Å². The number of epoxide rings is 1. The van der Waals surface area contributed by atoms with Gasteiger partial charge in [0.25, 0.3) is 0 Å². The molecule has 0 aromatic carbocycles. The van der Waals surface area contributed by atoms with Gasteiger partial charge in [-0.3, -0.25) is 0 Å². The lowest BCUT2D eigenvalue weighted by Gasteiger charge is -2.43. The third-order valence-corrected chi connectivity index (χ3v) is 8.18. The lowest BCUT2D eigenvalue weighted by molar-refractivity contribution is -0.0739. The standard InChI is InChI=1S/C20H42O5Si/c1-6-10-14-23-26(24-15-11-7-2,25-16-12-8-3)20(5,13-9-4)22-18-19-17-21-19/h19H,6-18H2,1-5H3. The van der Waals surface area contributed by atoms with E-state index in [1.807, 2.05) is 0 Å². The number of hydrogen-bond acceptors (Lipinski definition) is 5. The first-order valence-corrected chi connectivity index (χ1v) is 12.5. The Balaban J connectivity index is 2.98. The second-order valence-corrected chi connectivity index (χ2v) is 10.4. The van der Waals surface area contributed by atoms with Gasteiger partial charge in [0, 0.05) is 19.8 Å². The Morgan fingerprint density at radius 3 is 1.65 bits per heavy atom. The highest BCUT2D eigenvalue weighted by molar-refractivity contribution is 6.64. The van der Waals surface area contributed by atoms with E-state index in [1.165, 1.54) is 0 Å². The van der Waals surface area contributed by atoms with Crippen molar-refractivity contribution >= 4 is 8.80 Å². The maximum absolute atomic E-state index is 6.46. The molecule has 1 rings (SSSR count). The Morgan fingerprint density at radius 2 is 1.31 bits per heavy atom. The molecule has 26 heavy (non-hydrogen) atoms. The van der Waals surface area contributed by atoms with E-state index in [-0.39, 0.29) is 6.10 Å². The Hall–Kier alpha value is 0.0169. The van der Waals surface area contributed by atoms with Crippen molar-refractivity contribution in [2.45, 2.75) is 97.3 Å². The molecule has 1 aliphatic rings. The fourth-order valence-electron chi connectivity index (χ4n) is 2.87. The van der Waals surface area contributed by atoms with E-state index in [9.17, 15) is 0 Å². The highest BCUT2D eigenvalue weighted by Gasteiger charge is 2.60. The van der Waals surface area contributed by atoms with Crippen molar-refractivity contribution in [1.29, 1.82) is 0 Å². The highest BCUT2D eigenvalue weighted by atomic mass is 28.4. The van der Waals surface area contributed by atoms with E-state index < -0.39 is 14.0 Å². The van der Waals surface area contributed by atoms with Crippen LogP contribution in [-0.2, 0) is 22.8 Å². The quantitative estimate of drug-likeness (QED) is 0.189. The van der Waals surface area contributed by atoms with Crippen LogP contribution in [0.2, 0.25) is 0 Å². The molecule has 1 aliphatic heterocycles. The van der Waals surface area contributed by atoms with E-state index in [0.717, 1.165) is 58.0 Å². The Bertz CT molecular complexity index is 325. The lowest BCUT2D eigenvalue weighted by Crippen LogP contribution is -2.65. The van der Waals surface area contributed by atoms with Crippen molar-refractivity contribution < 1.29 is 22.8 Å². The zero-order valence-electron chi connectivity index (χ0n) is 17.8. The molecule has 0 radical (unpaired) electrons. The Labute approximate surface area is 162 Å². The molecule has 0 aromatic rings. The maximum Gasteiger partial charge on any atom is 0.534 e. The molecule has 5 nitrogen and oxygen atoms in total. The van der Waals surface area contributed by atoms with Crippen molar-refractivity contribution in [3.63, 3.8) is 0 Å². The fraction of sp³-hybridized carbons (Fsp3) is 1.00. The molecular weight excluding hydrogens is 348 g/mol. The molecule has 6 heteroatoms. The van der Waals surface area contributed by atoms with Crippen LogP contribution in [0.4, 0.5) is 0 Å². The third kappa shape index (κ3) is 7.95. The van der Waals surface area contributed by atoms with E-state index in [0.29, 0.717) is 26.4 Å². The van der Waals surface area contributed by atoms with Crippen LogP contribution in [0.3, 0.4) is 0 Å². The number of hydrogen-bond donors (Lipinski definition) is 0. The van der Waals surface area contributed by atoms with E-state index in [4.69, 9.17) is 22.8 Å². The second kappa shape index (κ2) is 13.2. The molecule has 1 saturated heterocycles. The van der Waals surface area contributed by atoms with Crippen LogP contribution in [0, 0.1) is 0 Å². The summed E-state index contributed by atoms with van der Waals surface area (Å²) in [5, 5.41) is -0.525. The molecule has 2 atom stereocenters. The Morgan fingerprint density at radius 1 is 0.846 bits per heavy atom. The van der Waals surface area contributed by atoms with Crippen molar-refractivity contribution in [3.8, 4) is 0 Å². The minimum absolute atomic E-state index is 0.222. The SMILES string of the molecule is CCCCO[Si](OCCCC)(OCCCC)C(C)(CCC)OCC1CO1. The van der Waals surface area contributed by atoms with Crippen LogP contribution < -0.4 is 0 Å². The van der Waals surface area contributed by atoms with E-state index in [1.54, 1.807) is 0 Å². The number of rotatable bonds is 18. The van der Waals surface area contributed by atoms with Crippen LogP contribution in [0.5, 0.6) is 0 Å². The van der Waals surface area contributed by atoms with Crippen LogP contribution in [-0.4, -0.2) is 53.2 Å². The number of unbranched alkanes of at least 4 members (excludes halogenated alkanes) is 3. The summed E-state index contributed by atoms with van der Waals surface area (Å²) >= 11 is 0. The molecule has 0 spiro atoms. The van der Waals surface area contributed by atoms with Gasteiger partial charge in [-0.25, -0.2) is 0 Å². The van der Waals surface area contributed by atoms with Crippen LogP contribution in [0.1, 0.15) is 86.0 Å². The zero-order valence-corrected chi connectivity index (χ0v) is 18.8. The molecule has 0 N–H and O–H groups in total. The monoisotopic (exact) mass is 390 g/mol. The average Bonchev–Trinajstić information content (AvgIpc) is 3.45. The molecule has 1 heterocycles. The molecule has 0 bridgehead atoms. The van der Waals surface area contributed by atoms with Crippen molar-refractivity contribution in [2.75, 3.05) is 33.0 Å². The molecule has 1 fully saturated rings. The molecule has 156 valence electrons. The summed E-state index contributed by atoms with van der Waals surface area (Å²) in [6.07, 6.45) is 8.41. The van der Waals surface area contributed by atoms with Gasteiger partial charge in [0.1, 0.15) is 11.3 Å². The van der Waals surface area contributed by atoms with Gasteiger partial charge in [0.2, 0.25) is 0 Å². The summed E-state index contributed by atoms with van der Waals surface area (Å²) in [5.74, 6) is 0. The Kier molecular flexibility index (Phi) is 12.2. The van der Waals surface area contributed by atoms with Gasteiger partial charge in [-0.05, 0) is 32.6 Å². The lowest BCUT2D eigenvalue weighted by atomic mass is 10.2. The molecule has 2 unspecified atom stereocenters. The van der Waals surface area contributed by atoms with Crippen molar-refractivity contribution in [3.05, 3.63) is 0 Å². The van der Waals surface area contributed by atoms with Crippen molar-refractivity contribution in [1.82, 2.24) is 0 Å². The first kappa shape index (κ1) is 24.1. The molecule has 0 aliphatic carbocycles. The second-order valence-electron chi connectivity index (χ2n) is 7.41.